The van der Waals surface area contributed by atoms with Crippen molar-refractivity contribution in [2.24, 2.45) is 0 Å². The van der Waals surface area contributed by atoms with Crippen LogP contribution in [0, 0.1) is 0 Å². The summed E-state index contributed by atoms with van der Waals surface area (Å²) < 4.78 is 12.1. The maximum Gasteiger partial charge on any atom is 0.0436 e. The molecule has 2 unspecified atom stereocenters. The van der Waals surface area contributed by atoms with Gasteiger partial charge < -0.3 is 5.32 Å². The zero-order valence-corrected chi connectivity index (χ0v) is 14.5. The highest BCUT2D eigenvalue weighted by Crippen LogP contribution is 2.24. The van der Waals surface area contributed by atoms with Gasteiger partial charge in [-0.3, -0.25) is 4.21 Å². The normalized spacial score (nSPS) is 15.3. The number of hydrogen-bond acceptors (Lipinski definition) is 2. The second-order valence-corrected chi connectivity index (χ2v) is 8.62. The van der Waals surface area contributed by atoms with Crippen LogP contribution in [0.4, 0.5) is 0 Å². The lowest BCUT2D eigenvalue weighted by atomic mass is 9.86. The van der Waals surface area contributed by atoms with E-state index in [0.29, 0.717) is 5.75 Å². The average molecular weight is 295 g/mol. The van der Waals surface area contributed by atoms with Crippen LogP contribution < -0.4 is 5.32 Å². The van der Waals surface area contributed by atoms with Crippen molar-refractivity contribution in [3.8, 4) is 0 Å². The molecule has 0 aliphatic carbocycles. The SMILES string of the molecule is CCNC(CS(=O)C(C)C)c1ccc(C(C)(C)C)cc1. The van der Waals surface area contributed by atoms with Crippen LogP contribution in [0.15, 0.2) is 24.3 Å². The molecule has 0 bridgehead atoms. The molecule has 0 aliphatic rings. The van der Waals surface area contributed by atoms with Crippen LogP contribution in [0.5, 0.6) is 0 Å². The Bertz CT molecular complexity index is 431. The lowest BCUT2D eigenvalue weighted by Gasteiger charge is -2.22. The van der Waals surface area contributed by atoms with Gasteiger partial charge in [-0.05, 0) is 23.1 Å². The summed E-state index contributed by atoms with van der Waals surface area (Å²) in [5, 5.41) is 3.66. The smallest absolute Gasteiger partial charge is 0.0436 e. The Balaban J connectivity index is 2.89. The summed E-state index contributed by atoms with van der Waals surface area (Å²) in [6, 6.07) is 8.91. The molecular weight excluding hydrogens is 266 g/mol. The topological polar surface area (TPSA) is 29.1 Å². The van der Waals surface area contributed by atoms with Crippen LogP contribution >= 0.6 is 0 Å². The van der Waals surface area contributed by atoms with Crippen LogP contribution in [0.2, 0.25) is 0 Å². The Morgan fingerprint density at radius 2 is 1.70 bits per heavy atom. The van der Waals surface area contributed by atoms with Crippen molar-refractivity contribution < 1.29 is 4.21 Å². The average Bonchev–Trinajstić information content (AvgIpc) is 2.37. The van der Waals surface area contributed by atoms with E-state index in [1.165, 1.54) is 11.1 Å². The summed E-state index contributed by atoms with van der Waals surface area (Å²) >= 11 is 0. The van der Waals surface area contributed by atoms with Gasteiger partial charge in [-0.1, -0.05) is 65.8 Å². The Labute approximate surface area is 126 Å². The largest absolute Gasteiger partial charge is 0.309 e. The molecule has 1 rings (SSSR count). The van der Waals surface area contributed by atoms with Gasteiger partial charge in [0, 0.05) is 27.8 Å². The third-order valence-corrected chi connectivity index (χ3v) is 5.20. The molecule has 2 nitrogen and oxygen atoms in total. The lowest BCUT2D eigenvalue weighted by Crippen LogP contribution is -2.28. The van der Waals surface area contributed by atoms with Crippen LogP contribution in [0.3, 0.4) is 0 Å². The van der Waals surface area contributed by atoms with Crippen molar-refractivity contribution in [1.82, 2.24) is 5.32 Å². The third kappa shape index (κ3) is 5.02. The standard InChI is InChI=1S/C17H29NOS/c1-7-18-16(12-20(19)13(2)3)14-8-10-15(11-9-14)17(4,5)6/h8-11,13,16,18H,7,12H2,1-6H3. The fraction of sp³-hybridized carbons (Fsp3) is 0.647. The van der Waals surface area contributed by atoms with E-state index in [1.807, 2.05) is 13.8 Å². The quantitative estimate of drug-likeness (QED) is 0.865. The summed E-state index contributed by atoms with van der Waals surface area (Å²) in [4.78, 5) is 0. The van der Waals surface area contributed by atoms with Gasteiger partial charge in [0.1, 0.15) is 0 Å². The highest BCUT2D eigenvalue weighted by atomic mass is 32.2. The highest BCUT2D eigenvalue weighted by Gasteiger charge is 2.18. The number of rotatable bonds is 6. The third-order valence-electron chi connectivity index (χ3n) is 3.49. The second kappa shape index (κ2) is 7.37. The number of nitrogens with one attached hydrogen (secondary N) is 1. The van der Waals surface area contributed by atoms with Gasteiger partial charge in [0.05, 0.1) is 0 Å². The first-order valence-corrected chi connectivity index (χ1v) is 8.85. The van der Waals surface area contributed by atoms with Crippen molar-refractivity contribution >= 4 is 10.8 Å². The minimum absolute atomic E-state index is 0.174. The van der Waals surface area contributed by atoms with E-state index in [1.54, 1.807) is 0 Å². The predicted octanol–water partition coefficient (Wildman–Crippen LogP) is 3.79. The van der Waals surface area contributed by atoms with Crippen LogP contribution in [0.25, 0.3) is 0 Å². The molecule has 0 spiro atoms. The summed E-state index contributed by atoms with van der Waals surface area (Å²) in [6.07, 6.45) is 0. The molecule has 0 amide bonds. The molecule has 2 atom stereocenters. The predicted molar refractivity (Wildman–Crippen MR) is 89.7 cm³/mol. The van der Waals surface area contributed by atoms with E-state index >= 15 is 0 Å². The van der Waals surface area contributed by atoms with Gasteiger partial charge in [0.2, 0.25) is 0 Å². The molecule has 3 heteroatoms. The van der Waals surface area contributed by atoms with E-state index in [0.717, 1.165) is 6.54 Å². The van der Waals surface area contributed by atoms with Crippen molar-refractivity contribution in [2.45, 2.75) is 58.2 Å². The van der Waals surface area contributed by atoms with E-state index in [9.17, 15) is 4.21 Å². The maximum absolute atomic E-state index is 12.1. The zero-order valence-electron chi connectivity index (χ0n) is 13.7. The summed E-state index contributed by atoms with van der Waals surface area (Å²) in [7, 11) is -0.789. The van der Waals surface area contributed by atoms with Crippen LogP contribution in [0.1, 0.15) is 58.7 Å². The molecular formula is C17H29NOS. The van der Waals surface area contributed by atoms with Crippen molar-refractivity contribution in [3.63, 3.8) is 0 Å². The first-order valence-electron chi connectivity index (χ1n) is 7.46. The highest BCUT2D eigenvalue weighted by molar-refractivity contribution is 7.85. The minimum Gasteiger partial charge on any atom is -0.309 e. The molecule has 0 saturated carbocycles. The Morgan fingerprint density at radius 1 is 1.15 bits per heavy atom. The lowest BCUT2D eigenvalue weighted by molar-refractivity contribution is 0.581. The molecule has 0 radical (unpaired) electrons. The van der Waals surface area contributed by atoms with Crippen molar-refractivity contribution in [2.75, 3.05) is 12.3 Å². The minimum atomic E-state index is -0.789. The summed E-state index contributed by atoms with van der Waals surface area (Å²) in [5.41, 5.74) is 2.74. The van der Waals surface area contributed by atoms with Crippen molar-refractivity contribution in [1.29, 1.82) is 0 Å². The van der Waals surface area contributed by atoms with E-state index in [2.05, 4.69) is 57.3 Å². The van der Waals surface area contributed by atoms with Gasteiger partial charge in [-0.2, -0.15) is 0 Å². The monoisotopic (exact) mass is 295 g/mol. The molecule has 1 aromatic carbocycles. The molecule has 20 heavy (non-hydrogen) atoms. The molecule has 0 aromatic heterocycles. The molecule has 1 aromatic rings. The van der Waals surface area contributed by atoms with Gasteiger partial charge in [0.15, 0.2) is 0 Å². The Kier molecular flexibility index (Phi) is 6.41. The first-order chi connectivity index (χ1) is 9.25. The Morgan fingerprint density at radius 3 is 2.10 bits per heavy atom. The zero-order chi connectivity index (χ0) is 15.3. The van der Waals surface area contributed by atoms with Gasteiger partial charge in [0.25, 0.3) is 0 Å². The van der Waals surface area contributed by atoms with Crippen LogP contribution in [-0.2, 0) is 16.2 Å². The van der Waals surface area contributed by atoms with E-state index < -0.39 is 10.8 Å². The fourth-order valence-electron chi connectivity index (χ4n) is 2.09. The molecule has 114 valence electrons. The van der Waals surface area contributed by atoms with Gasteiger partial charge in [-0.25, -0.2) is 0 Å². The van der Waals surface area contributed by atoms with E-state index in [-0.39, 0.29) is 16.7 Å². The second-order valence-electron chi connectivity index (χ2n) is 6.58. The molecule has 0 heterocycles. The number of benzene rings is 1. The molecule has 0 saturated heterocycles. The maximum atomic E-state index is 12.1. The summed E-state index contributed by atoms with van der Waals surface area (Å²) in [6.45, 7) is 13.7. The molecule has 1 N–H and O–H groups in total. The molecule has 0 aliphatic heterocycles. The first kappa shape index (κ1) is 17.4. The van der Waals surface area contributed by atoms with Crippen LogP contribution in [-0.4, -0.2) is 21.8 Å². The van der Waals surface area contributed by atoms with E-state index in [4.69, 9.17) is 0 Å². The van der Waals surface area contributed by atoms with Gasteiger partial charge in [-0.15, -0.1) is 0 Å². The Hall–Kier alpha value is -0.670. The number of hydrogen-bond donors (Lipinski definition) is 1. The summed E-state index contributed by atoms with van der Waals surface area (Å²) in [5.74, 6) is 0.681. The molecule has 0 fully saturated rings. The van der Waals surface area contributed by atoms with Gasteiger partial charge >= 0.3 is 0 Å². The van der Waals surface area contributed by atoms with Crippen molar-refractivity contribution in [3.05, 3.63) is 35.4 Å². The fourth-order valence-corrected chi connectivity index (χ4v) is 3.12.